The summed E-state index contributed by atoms with van der Waals surface area (Å²) in [5, 5.41) is 10.6. The topological polar surface area (TPSA) is 59.0 Å². The highest BCUT2D eigenvalue weighted by atomic mass is 16.1. The van der Waals surface area contributed by atoms with Crippen LogP contribution in [0.3, 0.4) is 0 Å². The molecule has 0 aliphatic carbocycles. The molecule has 0 fully saturated rings. The number of nitrogens with one attached hydrogen (secondary N) is 2. The second kappa shape index (κ2) is 7.11. The van der Waals surface area contributed by atoms with Crippen LogP contribution in [0.2, 0.25) is 0 Å². The molecule has 5 nitrogen and oxygen atoms in total. The van der Waals surface area contributed by atoms with Gasteiger partial charge in [-0.25, -0.2) is 0 Å². The van der Waals surface area contributed by atoms with Crippen LogP contribution in [0.15, 0.2) is 30.6 Å². The summed E-state index contributed by atoms with van der Waals surface area (Å²) in [6.07, 6.45) is 4.77. The van der Waals surface area contributed by atoms with Crippen molar-refractivity contribution in [2.45, 2.75) is 46.7 Å². The summed E-state index contributed by atoms with van der Waals surface area (Å²) in [5.74, 6) is -0.0421. The van der Waals surface area contributed by atoms with Crippen molar-refractivity contribution in [2.24, 2.45) is 0 Å². The van der Waals surface area contributed by atoms with E-state index in [2.05, 4.69) is 34.8 Å². The van der Waals surface area contributed by atoms with Gasteiger partial charge in [-0.15, -0.1) is 0 Å². The van der Waals surface area contributed by atoms with E-state index in [1.807, 2.05) is 30.8 Å². The van der Waals surface area contributed by atoms with E-state index in [4.69, 9.17) is 0 Å². The van der Waals surface area contributed by atoms with E-state index in [0.717, 1.165) is 35.5 Å². The van der Waals surface area contributed by atoms with Gasteiger partial charge in [0, 0.05) is 43.3 Å². The van der Waals surface area contributed by atoms with Gasteiger partial charge in [0.1, 0.15) is 0 Å². The fourth-order valence-electron chi connectivity index (χ4n) is 2.54. The van der Waals surface area contributed by atoms with Gasteiger partial charge in [-0.2, -0.15) is 5.10 Å². The Balaban J connectivity index is 1.98. The Morgan fingerprint density at radius 3 is 2.55 bits per heavy atom. The van der Waals surface area contributed by atoms with Crippen molar-refractivity contribution in [1.82, 2.24) is 9.78 Å². The van der Waals surface area contributed by atoms with Gasteiger partial charge >= 0.3 is 0 Å². The second-order valence-corrected chi connectivity index (χ2v) is 5.77. The van der Waals surface area contributed by atoms with Gasteiger partial charge in [-0.3, -0.25) is 9.48 Å². The van der Waals surface area contributed by atoms with Gasteiger partial charge in [-0.05, 0) is 56.5 Å². The third-order valence-electron chi connectivity index (χ3n) is 3.60. The first-order chi connectivity index (χ1) is 10.5. The average molecular weight is 300 g/mol. The van der Waals surface area contributed by atoms with Crippen LogP contribution < -0.4 is 10.6 Å². The molecule has 2 aromatic rings. The van der Waals surface area contributed by atoms with Gasteiger partial charge in [0.25, 0.3) is 0 Å². The molecule has 1 atom stereocenters. The molecule has 0 unspecified atom stereocenters. The van der Waals surface area contributed by atoms with Crippen LogP contribution in [0.25, 0.3) is 0 Å². The zero-order valence-corrected chi connectivity index (χ0v) is 13.7. The predicted octanol–water partition coefficient (Wildman–Crippen LogP) is 3.35. The molecule has 0 radical (unpaired) electrons. The standard InChI is InChI=1S/C17H24N4O/c1-12-10-16(11-13(2)17(12)20-15(4)22)19-14(3)6-9-21-8-5-7-18-21/h5,7-8,10-11,14,19H,6,9H2,1-4H3,(H,20,22)/t14-/m0/s1. The van der Waals surface area contributed by atoms with Gasteiger partial charge in [0.2, 0.25) is 5.91 Å². The molecule has 1 heterocycles. The highest BCUT2D eigenvalue weighted by Gasteiger charge is 2.08. The molecule has 1 aromatic carbocycles. The van der Waals surface area contributed by atoms with Gasteiger partial charge in [0.15, 0.2) is 0 Å². The molecule has 2 N–H and O–H groups in total. The van der Waals surface area contributed by atoms with Crippen LogP contribution in [-0.2, 0) is 11.3 Å². The number of hydrogen-bond acceptors (Lipinski definition) is 3. The van der Waals surface area contributed by atoms with Crippen molar-refractivity contribution in [3.8, 4) is 0 Å². The molecule has 2 rings (SSSR count). The summed E-state index contributed by atoms with van der Waals surface area (Å²) in [4.78, 5) is 11.2. The molecule has 0 saturated heterocycles. The van der Waals surface area contributed by atoms with Crippen LogP contribution in [0.4, 0.5) is 11.4 Å². The lowest BCUT2D eigenvalue weighted by atomic mass is 10.1. The van der Waals surface area contributed by atoms with Gasteiger partial charge in [-0.1, -0.05) is 0 Å². The molecule has 0 spiro atoms. The van der Waals surface area contributed by atoms with E-state index in [0.29, 0.717) is 6.04 Å². The Morgan fingerprint density at radius 1 is 1.32 bits per heavy atom. The van der Waals surface area contributed by atoms with Crippen molar-refractivity contribution < 1.29 is 4.79 Å². The molecule has 0 aliphatic heterocycles. The zero-order chi connectivity index (χ0) is 16.1. The van der Waals surface area contributed by atoms with Crippen molar-refractivity contribution in [3.05, 3.63) is 41.7 Å². The number of benzene rings is 1. The first-order valence-corrected chi connectivity index (χ1v) is 7.58. The molecule has 0 aliphatic rings. The lowest BCUT2D eigenvalue weighted by Gasteiger charge is -2.18. The number of rotatable bonds is 6. The van der Waals surface area contributed by atoms with E-state index in [1.165, 1.54) is 6.92 Å². The third-order valence-corrected chi connectivity index (χ3v) is 3.60. The Morgan fingerprint density at radius 2 is 2.00 bits per heavy atom. The number of hydrogen-bond donors (Lipinski definition) is 2. The molecule has 5 heteroatoms. The van der Waals surface area contributed by atoms with Crippen molar-refractivity contribution >= 4 is 17.3 Å². The number of aryl methyl sites for hydroxylation is 3. The fraction of sp³-hybridized carbons (Fsp3) is 0.412. The Bertz CT molecular complexity index is 611. The maximum atomic E-state index is 11.2. The first kappa shape index (κ1) is 16.1. The minimum atomic E-state index is -0.0421. The average Bonchev–Trinajstić information content (AvgIpc) is 2.94. The molecule has 1 amide bonds. The van der Waals surface area contributed by atoms with E-state index >= 15 is 0 Å². The van der Waals surface area contributed by atoms with Crippen molar-refractivity contribution in [3.63, 3.8) is 0 Å². The molecule has 118 valence electrons. The maximum absolute atomic E-state index is 11.2. The number of nitrogens with zero attached hydrogens (tertiary/aromatic N) is 2. The summed E-state index contributed by atoms with van der Waals surface area (Å²) in [6.45, 7) is 8.61. The lowest BCUT2D eigenvalue weighted by Crippen LogP contribution is -2.18. The number of amides is 1. The van der Waals surface area contributed by atoms with Gasteiger partial charge < -0.3 is 10.6 Å². The summed E-state index contributed by atoms with van der Waals surface area (Å²) in [6, 6.07) is 6.42. The third kappa shape index (κ3) is 4.35. The summed E-state index contributed by atoms with van der Waals surface area (Å²) >= 11 is 0. The number of carbonyl (C=O) groups excluding carboxylic acids is 1. The number of carbonyl (C=O) groups is 1. The minimum Gasteiger partial charge on any atom is -0.383 e. The van der Waals surface area contributed by atoms with Crippen LogP contribution in [0.5, 0.6) is 0 Å². The van der Waals surface area contributed by atoms with E-state index in [-0.39, 0.29) is 5.91 Å². The van der Waals surface area contributed by atoms with Crippen molar-refractivity contribution in [2.75, 3.05) is 10.6 Å². The van der Waals surface area contributed by atoms with Crippen molar-refractivity contribution in [1.29, 1.82) is 0 Å². The summed E-state index contributed by atoms with van der Waals surface area (Å²) in [5.41, 5.74) is 4.12. The Labute approximate surface area is 131 Å². The second-order valence-electron chi connectivity index (χ2n) is 5.77. The van der Waals surface area contributed by atoms with Gasteiger partial charge in [0.05, 0.1) is 0 Å². The van der Waals surface area contributed by atoms with E-state index in [1.54, 1.807) is 6.20 Å². The molecule has 22 heavy (non-hydrogen) atoms. The molecule has 0 saturated carbocycles. The Hall–Kier alpha value is -2.30. The summed E-state index contributed by atoms with van der Waals surface area (Å²) in [7, 11) is 0. The molecular weight excluding hydrogens is 276 g/mol. The number of aromatic nitrogens is 2. The van der Waals surface area contributed by atoms with E-state index in [9.17, 15) is 4.79 Å². The Kier molecular flexibility index (Phi) is 5.20. The largest absolute Gasteiger partial charge is 0.383 e. The lowest BCUT2D eigenvalue weighted by molar-refractivity contribution is -0.114. The highest BCUT2D eigenvalue weighted by Crippen LogP contribution is 2.25. The number of anilines is 2. The smallest absolute Gasteiger partial charge is 0.221 e. The fourth-order valence-corrected chi connectivity index (χ4v) is 2.54. The highest BCUT2D eigenvalue weighted by molar-refractivity contribution is 5.90. The van der Waals surface area contributed by atoms with Crippen LogP contribution in [0.1, 0.15) is 31.4 Å². The molecule has 1 aromatic heterocycles. The van der Waals surface area contributed by atoms with Crippen LogP contribution in [-0.4, -0.2) is 21.7 Å². The quantitative estimate of drug-likeness (QED) is 0.860. The minimum absolute atomic E-state index is 0.0421. The normalized spacial score (nSPS) is 12.0. The van der Waals surface area contributed by atoms with Crippen LogP contribution in [0, 0.1) is 13.8 Å². The summed E-state index contributed by atoms with van der Waals surface area (Å²) < 4.78 is 1.94. The van der Waals surface area contributed by atoms with E-state index < -0.39 is 0 Å². The SMILES string of the molecule is CC(=O)Nc1c(C)cc(N[C@@H](C)CCn2cccn2)cc1C. The van der Waals surface area contributed by atoms with Crippen LogP contribution >= 0.6 is 0 Å². The monoisotopic (exact) mass is 300 g/mol. The molecular formula is C17H24N4O. The molecule has 0 bridgehead atoms. The first-order valence-electron chi connectivity index (χ1n) is 7.58. The maximum Gasteiger partial charge on any atom is 0.221 e. The zero-order valence-electron chi connectivity index (χ0n) is 13.7. The predicted molar refractivity (Wildman–Crippen MR) is 90.1 cm³/mol.